The highest BCUT2D eigenvalue weighted by Gasteiger charge is 2.30. The van der Waals surface area contributed by atoms with Gasteiger partial charge in [-0.3, -0.25) is 4.79 Å². The summed E-state index contributed by atoms with van der Waals surface area (Å²) < 4.78 is 27.0. The van der Waals surface area contributed by atoms with Crippen LogP contribution in [0, 0.1) is 5.92 Å². The van der Waals surface area contributed by atoms with Gasteiger partial charge in [0.2, 0.25) is 5.91 Å². The van der Waals surface area contributed by atoms with E-state index in [4.69, 9.17) is 0 Å². The molecule has 6 nitrogen and oxygen atoms in total. The normalized spacial score (nSPS) is 20.6. The zero-order valence-electron chi connectivity index (χ0n) is 15.9. The Hall–Kier alpha value is -0.960. The van der Waals surface area contributed by atoms with Crippen molar-refractivity contribution in [1.82, 2.24) is 14.5 Å². The van der Waals surface area contributed by atoms with Gasteiger partial charge in [0.05, 0.1) is 0 Å². The molecule has 0 atom stereocenters. The molecular weight excluding hydrogens is 382 g/mol. The standard InChI is InChI=1S/C19H31N3O3S2/c23-18(20-9-5-12-21-10-2-1-3-11-21)16-17-7-13-22(14-8-17)27(24,25)19-6-4-15-26-19/h4,6,15,17H,1-3,5,7-14,16H2,(H,20,23). The van der Waals surface area contributed by atoms with Crippen LogP contribution in [-0.2, 0) is 14.8 Å². The number of carbonyl (C=O) groups is 1. The molecule has 0 unspecified atom stereocenters. The third-order valence-corrected chi connectivity index (χ3v) is 8.83. The Morgan fingerprint density at radius 2 is 1.89 bits per heavy atom. The maximum atomic E-state index is 12.5. The van der Waals surface area contributed by atoms with E-state index in [0.29, 0.717) is 23.7 Å². The maximum Gasteiger partial charge on any atom is 0.252 e. The Morgan fingerprint density at radius 3 is 2.56 bits per heavy atom. The number of sulfonamides is 1. The SMILES string of the molecule is O=C(CC1CCN(S(=O)(=O)c2cccs2)CC1)NCCCN1CCCCC1. The Morgan fingerprint density at radius 1 is 1.15 bits per heavy atom. The van der Waals surface area contributed by atoms with E-state index >= 15 is 0 Å². The number of carbonyl (C=O) groups excluding carboxylic acids is 1. The average Bonchev–Trinajstić information content (AvgIpc) is 3.22. The number of amides is 1. The summed E-state index contributed by atoms with van der Waals surface area (Å²) in [5.74, 6) is 0.384. The number of hydrogen-bond acceptors (Lipinski definition) is 5. The molecule has 0 bridgehead atoms. The molecule has 1 amide bonds. The van der Waals surface area contributed by atoms with Crippen molar-refractivity contribution in [1.29, 1.82) is 0 Å². The van der Waals surface area contributed by atoms with Gasteiger partial charge in [-0.15, -0.1) is 11.3 Å². The molecule has 2 saturated heterocycles. The van der Waals surface area contributed by atoms with Crippen LogP contribution in [0.1, 0.15) is 44.9 Å². The first-order valence-electron chi connectivity index (χ1n) is 10.1. The summed E-state index contributed by atoms with van der Waals surface area (Å²) in [6.45, 7) is 5.21. The van der Waals surface area contributed by atoms with Crippen LogP contribution in [0.2, 0.25) is 0 Å². The minimum Gasteiger partial charge on any atom is -0.356 e. The zero-order valence-corrected chi connectivity index (χ0v) is 17.6. The van der Waals surface area contributed by atoms with Gasteiger partial charge in [0.15, 0.2) is 0 Å². The number of rotatable bonds is 8. The summed E-state index contributed by atoms with van der Waals surface area (Å²) in [6.07, 6.45) is 6.97. The molecule has 27 heavy (non-hydrogen) atoms. The fourth-order valence-corrected chi connectivity index (χ4v) is 6.55. The quantitative estimate of drug-likeness (QED) is 0.665. The number of piperidine rings is 2. The van der Waals surface area contributed by atoms with Gasteiger partial charge in [0.1, 0.15) is 4.21 Å². The first-order chi connectivity index (χ1) is 13.1. The molecule has 0 aromatic carbocycles. The number of nitrogens with one attached hydrogen (secondary N) is 1. The number of hydrogen-bond donors (Lipinski definition) is 1. The second-order valence-electron chi connectivity index (χ2n) is 7.59. The van der Waals surface area contributed by atoms with Gasteiger partial charge < -0.3 is 10.2 Å². The van der Waals surface area contributed by atoms with Crippen LogP contribution in [0.25, 0.3) is 0 Å². The fraction of sp³-hybridized carbons (Fsp3) is 0.737. The molecule has 3 heterocycles. The van der Waals surface area contributed by atoms with Crippen LogP contribution in [0.3, 0.4) is 0 Å². The van der Waals surface area contributed by atoms with Crippen LogP contribution in [0.5, 0.6) is 0 Å². The van der Waals surface area contributed by atoms with E-state index in [0.717, 1.165) is 32.4 Å². The van der Waals surface area contributed by atoms with Gasteiger partial charge >= 0.3 is 0 Å². The summed E-state index contributed by atoms with van der Waals surface area (Å²) in [5, 5.41) is 4.82. The van der Waals surface area contributed by atoms with Crippen LogP contribution >= 0.6 is 11.3 Å². The van der Waals surface area contributed by atoms with Crippen LogP contribution in [0.4, 0.5) is 0 Å². The number of nitrogens with zero attached hydrogens (tertiary/aromatic N) is 2. The Balaban J connectivity index is 1.32. The summed E-state index contributed by atoms with van der Waals surface area (Å²) in [4.78, 5) is 14.7. The first kappa shape index (κ1) is 20.8. The van der Waals surface area contributed by atoms with E-state index in [-0.39, 0.29) is 11.8 Å². The van der Waals surface area contributed by atoms with E-state index in [9.17, 15) is 13.2 Å². The summed E-state index contributed by atoms with van der Waals surface area (Å²) in [6, 6.07) is 3.42. The molecule has 2 aliphatic heterocycles. The van der Waals surface area contributed by atoms with E-state index < -0.39 is 10.0 Å². The van der Waals surface area contributed by atoms with E-state index in [1.807, 2.05) is 0 Å². The third kappa shape index (κ3) is 6.01. The second kappa shape index (κ2) is 10.0. The van der Waals surface area contributed by atoms with Crippen LogP contribution < -0.4 is 5.32 Å². The molecule has 2 fully saturated rings. The monoisotopic (exact) mass is 413 g/mol. The van der Waals surface area contributed by atoms with Gasteiger partial charge in [-0.05, 0) is 69.1 Å². The lowest BCUT2D eigenvalue weighted by Crippen LogP contribution is -2.39. The lowest BCUT2D eigenvalue weighted by Gasteiger charge is -2.30. The van der Waals surface area contributed by atoms with Gasteiger partial charge in [0.25, 0.3) is 10.0 Å². The van der Waals surface area contributed by atoms with Gasteiger partial charge in [-0.2, -0.15) is 4.31 Å². The van der Waals surface area contributed by atoms with Crippen molar-refractivity contribution < 1.29 is 13.2 Å². The van der Waals surface area contributed by atoms with Gasteiger partial charge in [-0.1, -0.05) is 12.5 Å². The molecule has 1 N–H and O–H groups in total. The smallest absolute Gasteiger partial charge is 0.252 e. The Kier molecular flexibility index (Phi) is 7.69. The lowest BCUT2D eigenvalue weighted by molar-refractivity contribution is -0.122. The lowest BCUT2D eigenvalue weighted by atomic mass is 9.94. The molecule has 3 rings (SSSR count). The fourth-order valence-electron chi connectivity index (χ4n) is 3.94. The van der Waals surface area contributed by atoms with Crippen molar-refractivity contribution in [3.63, 3.8) is 0 Å². The predicted molar refractivity (Wildman–Crippen MR) is 108 cm³/mol. The van der Waals surface area contributed by atoms with E-state index in [1.54, 1.807) is 21.8 Å². The van der Waals surface area contributed by atoms with Gasteiger partial charge in [0, 0.05) is 26.1 Å². The van der Waals surface area contributed by atoms with Crippen molar-refractivity contribution in [2.24, 2.45) is 5.92 Å². The van der Waals surface area contributed by atoms with Gasteiger partial charge in [-0.25, -0.2) is 8.42 Å². The number of thiophene rings is 1. The summed E-state index contributed by atoms with van der Waals surface area (Å²) >= 11 is 1.26. The molecule has 0 aliphatic carbocycles. The molecule has 152 valence electrons. The zero-order chi connectivity index (χ0) is 19.1. The molecule has 8 heteroatoms. The molecule has 1 aromatic heterocycles. The van der Waals surface area contributed by atoms with E-state index in [1.165, 1.54) is 43.7 Å². The number of likely N-dealkylation sites (tertiary alicyclic amines) is 1. The third-order valence-electron chi connectivity index (χ3n) is 5.56. The minimum atomic E-state index is -3.35. The molecular formula is C19H31N3O3S2. The highest BCUT2D eigenvalue weighted by molar-refractivity contribution is 7.91. The van der Waals surface area contributed by atoms with Crippen molar-refractivity contribution in [2.45, 2.75) is 49.2 Å². The van der Waals surface area contributed by atoms with Crippen LogP contribution in [0.15, 0.2) is 21.7 Å². The molecule has 2 aliphatic rings. The summed E-state index contributed by atoms with van der Waals surface area (Å²) in [5.41, 5.74) is 0. The molecule has 1 aromatic rings. The topological polar surface area (TPSA) is 69.7 Å². The second-order valence-corrected chi connectivity index (χ2v) is 10.7. The van der Waals surface area contributed by atoms with Crippen molar-refractivity contribution in [2.75, 3.05) is 39.3 Å². The average molecular weight is 414 g/mol. The van der Waals surface area contributed by atoms with Crippen molar-refractivity contribution in [3.05, 3.63) is 17.5 Å². The highest BCUT2D eigenvalue weighted by atomic mass is 32.2. The largest absolute Gasteiger partial charge is 0.356 e. The Labute approximate surface area is 167 Å². The Bertz CT molecular complexity index is 677. The highest BCUT2D eigenvalue weighted by Crippen LogP contribution is 2.27. The van der Waals surface area contributed by atoms with E-state index in [2.05, 4.69) is 10.2 Å². The maximum absolute atomic E-state index is 12.5. The van der Waals surface area contributed by atoms with Crippen molar-refractivity contribution >= 4 is 27.3 Å². The first-order valence-corrected chi connectivity index (χ1v) is 12.4. The molecule has 0 saturated carbocycles. The molecule has 0 radical (unpaired) electrons. The van der Waals surface area contributed by atoms with Crippen molar-refractivity contribution in [3.8, 4) is 0 Å². The minimum absolute atomic E-state index is 0.105. The van der Waals surface area contributed by atoms with Crippen LogP contribution in [-0.4, -0.2) is 62.8 Å². The predicted octanol–water partition coefficient (Wildman–Crippen LogP) is 2.53. The molecule has 0 spiro atoms. The summed E-state index contributed by atoms with van der Waals surface area (Å²) in [7, 11) is -3.35.